The summed E-state index contributed by atoms with van der Waals surface area (Å²) in [5.41, 5.74) is 0.253. The first kappa shape index (κ1) is 19.1. The summed E-state index contributed by atoms with van der Waals surface area (Å²) in [5, 5.41) is 2.42. The summed E-state index contributed by atoms with van der Waals surface area (Å²) in [6, 6.07) is 3.98. The van der Waals surface area contributed by atoms with Crippen molar-refractivity contribution in [3.05, 3.63) is 29.3 Å². The van der Waals surface area contributed by atoms with Gasteiger partial charge in [-0.25, -0.2) is 9.59 Å². The molecule has 1 rings (SSSR count). The Bertz CT molecular complexity index is 639. The second-order valence-corrected chi connectivity index (χ2v) is 4.70. The van der Waals surface area contributed by atoms with E-state index in [9.17, 15) is 19.2 Å². The van der Waals surface area contributed by atoms with Gasteiger partial charge in [0.15, 0.2) is 6.61 Å². The SMILES string of the molecule is CCCC(=O)OCC(=O)Nc1cc(C(=O)OC)ccc1C(=O)OC. The molecule has 0 aromatic heterocycles. The predicted octanol–water partition coefficient (Wildman–Crippen LogP) is 1.54. The number of amides is 1. The molecule has 0 atom stereocenters. The van der Waals surface area contributed by atoms with E-state index in [0.717, 1.165) is 0 Å². The minimum absolute atomic E-state index is 0.0541. The molecule has 1 N–H and O–H groups in total. The van der Waals surface area contributed by atoms with E-state index in [1.54, 1.807) is 0 Å². The van der Waals surface area contributed by atoms with Gasteiger partial charge in [0.05, 0.1) is 31.0 Å². The van der Waals surface area contributed by atoms with Gasteiger partial charge >= 0.3 is 17.9 Å². The number of hydrogen-bond donors (Lipinski definition) is 1. The maximum Gasteiger partial charge on any atom is 0.339 e. The molecule has 0 aliphatic rings. The van der Waals surface area contributed by atoms with Gasteiger partial charge in [0.25, 0.3) is 5.91 Å². The first-order valence-corrected chi connectivity index (χ1v) is 7.19. The third-order valence-corrected chi connectivity index (χ3v) is 2.94. The molecule has 0 spiro atoms. The van der Waals surface area contributed by atoms with E-state index >= 15 is 0 Å². The van der Waals surface area contributed by atoms with Crippen LogP contribution in [-0.4, -0.2) is 44.6 Å². The maximum atomic E-state index is 11.9. The molecule has 1 aromatic rings. The largest absolute Gasteiger partial charge is 0.465 e. The Kier molecular flexibility index (Phi) is 7.41. The normalized spacial score (nSPS) is 9.79. The molecule has 0 unspecified atom stereocenters. The first-order chi connectivity index (χ1) is 11.4. The molecular weight excluding hydrogens is 318 g/mol. The molecule has 1 amide bonds. The Hall–Kier alpha value is -2.90. The lowest BCUT2D eigenvalue weighted by molar-refractivity contribution is -0.147. The van der Waals surface area contributed by atoms with Crippen molar-refractivity contribution in [2.24, 2.45) is 0 Å². The molecule has 0 aliphatic heterocycles. The monoisotopic (exact) mass is 337 g/mol. The summed E-state index contributed by atoms with van der Waals surface area (Å²) >= 11 is 0. The number of ether oxygens (including phenoxy) is 3. The second kappa shape index (κ2) is 9.29. The van der Waals surface area contributed by atoms with Crippen LogP contribution in [0.1, 0.15) is 40.5 Å². The van der Waals surface area contributed by atoms with Crippen LogP contribution in [0.4, 0.5) is 5.69 Å². The predicted molar refractivity (Wildman–Crippen MR) is 83.6 cm³/mol. The molecule has 0 saturated carbocycles. The van der Waals surface area contributed by atoms with E-state index in [1.165, 1.54) is 32.4 Å². The number of hydrogen-bond acceptors (Lipinski definition) is 7. The highest BCUT2D eigenvalue weighted by molar-refractivity contribution is 6.03. The summed E-state index contributed by atoms with van der Waals surface area (Å²) in [7, 11) is 2.40. The summed E-state index contributed by atoms with van der Waals surface area (Å²) in [6.45, 7) is 1.31. The van der Waals surface area contributed by atoms with Gasteiger partial charge < -0.3 is 19.5 Å². The lowest BCUT2D eigenvalue weighted by Crippen LogP contribution is -2.22. The standard InChI is InChI=1S/C16H19NO7/c1-4-5-14(19)24-9-13(18)17-12-8-10(15(20)22-2)6-7-11(12)16(21)23-3/h6-8H,4-5,9H2,1-3H3,(H,17,18). The lowest BCUT2D eigenvalue weighted by Gasteiger charge is -2.11. The highest BCUT2D eigenvalue weighted by atomic mass is 16.5. The van der Waals surface area contributed by atoms with Crippen molar-refractivity contribution in [2.75, 3.05) is 26.1 Å². The van der Waals surface area contributed by atoms with Crippen LogP contribution in [0.2, 0.25) is 0 Å². The molecule has 0 aliphatic carbocycles. The second-order valence-electron chi connectivity index (χ2n) is 4.70. The van der Waals surface area contributed by atoms with Crippen molar-refractivity contribution in [1.29, 1.82) is 0 Å². The van der Waals surface area contributed by atoms with Crippen LogP contribution in [0.3, 0.4) is 0 Å². The molecule has 24 heavy (non-hydrogen) atoms. The quantitative estimate of drug-likeness (QED) is 0.594. The number of rotatable bonds is 7. The van der Waals surface area contributed by atoms with E-state index < -0.39 is 30.4 Å². The molecule has 0 fully saturated rings. The third kappa shape index (κ3) is 5.38. The van der Waals surface area contributed by atoms with Crippen LogP contribution in [0.25, 0.3) is 0 Å². The Morgan fingerprint density at radius 1 is 1.04 bits per heavy atom. The van der Waals surface area contributed by atoms with Crippen molar-refractivity contribution in [3.63, 3.8) is 0 Å². The average molecular weight is 337 g/mol. The zero-order valence-corrected chi connectivity index (χ0v) is 13.7. The zero-order chi connectivity index (χ0) is 18.1. The summed E-state index contributed by atoms with van der Waals surface area (Å²) in [6.07, 6.45) is 0.812. The lowest BCUT2D eigenvalue weighted by atomic mass is 10.1. The van der Waals surface area contributed by atoms with Crippen LogP contribution in [-0.2, 0) is 23.8 Å². The number of benzene rings is 1. The number of carbonyl (C=O) groups excluding carboxylic acids is 4. The minimum atomic E-state index is -0.690. The Morgan fingerprint density at radius 2 is 1.71 bits per heavy atom. The number of esters is 3. The summed E-state index contributed by atoms with van der Waals surface area (Å²) < 4.78 is 14.0. The van der Waals surface area contributed by atoms with Gasteiger partial charge in [-0.3, -0.25) is 9.59 Å². The summed E-state index contributed by atoms with van der Waals surface area (Å²) in [4.78, 5) is 46.5. The molecule has 130 valence electrons. The van der Waals surface area contributed by atoms with Gasteiger partial charge in [-0.1, -0.05) is 6.92 Å². The van der Waals surface area contributed by atoms with E-state index in [0.29, 0.717) is 6.42 Å². The van der Waals surface area contributed by atoms with E-state index in [4.69, 9.17) is 4.74 Å². The van der Waals surface area contributed by atoms with Crippen LogP contribution in [0.5, 0.6) is 0 Å². The molecule has 0 radical (unpaired) electrons. The van der Waals surface area contributed by atoms with Crippen LogP contribution in [0, 0.1) is 0 Å². The fourth-order valence-corrected chi connectivity index (χ4v) is 1.79. The van der Waals surface area contributed by atoms with Gasteiger partial charge in [0, 0.05) is 6.42 Å². The minimum Gasteiger partial charge on any atom is -0.465 e. The van der Waals surface area contributed by atoms with Crippen molar-refractivity contribution in [2.45, 2.75) is 19.8 Å². The van der Waals surface area contributed by atoms with Gasteiger partial charge in [-0.2, -0.15) is 0 Å². The smallest absolute Gasteiger partial charge is 0.339 e. The number of carbonyl (C=O) groups is 4. The number of nitrogens with one attached hydrogen (secondary N) is 1. The van der Waals surface area contributed by atoms with Gasteiger partial charge in [0.1, 0.15) is 0 Å². The Balaban J connectivity index is 2.93. The van der Waals surface area contributed by atoms with E-state index in [1.807, 2.05) is 6.92 Å². The maximum absolute atomic E-state index is 11.9. The third-order valence-electron chi connectivity index (χ3n) is 2.94. The molecule has 0 heterocycles. The highest BCUT2D eigenvalue weighted by Crippen LogP contribution is 2.19. The van der Waals surface area contributed by atoms with Crippen molar-refractivity contribution >= 4 is 29.5 Å². The van der Waals surface area contributed by atoms with E-state index in [2.05, 4.69) is 14.8 Å². The molecule has 8 heteroatoms. The summed E-state index contributed by atoms with van der Waals surface area (Å²) in [5.74, 6) is -2.46. The molecule has 8 nitrogen and oxygen atoms in total. The highest BCUT2D eigenvalue weighted by Gasteiger charge is 2.18. The molecule has 0 bridgehead atoms. The van der Waals surface area contributed by atoms with Crippen LogP contribution in [0.15, 0.2) is 18.2 Å². The molecule has 1 aromatic carbocycles. The van der Waals surface area contributed by atoms with Crippen LogP contribution >= 0.6 is 0 Å². The molecule has 0 saturated heterocycles. The van der Waals surface area contributed by atoms with Gasteiger partial charge in [-0.15, -0.1) is 0 Å². The first-order valence-electron chi connectivity index (χ1n) is 7.19. The fraction of sp³-hybridized carbons (Fsp3) is 0.375. The van der Waals surface area contributed by atoms with Crippen LogP contribution < -0.4 is 5.32 Å². The Morgan fingerprint density at radius 3 is 2.29 bits per heavy atom. The molecular formula is C16H19NO7. The zero-order valence-electron chi connectivity index (χ0n) is 13.7. The van der Waals surface area contributed by atoms with Gasteiger partial charge in [-0.05, 0) is 24.6 Å². The number of anilines is 1. The van der Waals surface area contributed by atoms with E-state index in [-0.39, 0.29) is 23.2 Å². The van der Waals surface area contributed by atoms with Gasteiger partial charge in [0.2, 0.25) is 0 Å². The van der Waals surface area contributed by atoms with Crippen molar-refractivity contribution in [1.82, 2.24) is 0 Å². The average Bonchev–Trinajstić information content (AvgIpc) is 2.58. The Labute approximate surface area is 139 Å². The van der Waals surface area contributed by atoms with Crippen molar-refractivity contribution < 1.29 is 33.4 Å². The topological polar surface area (TPSA) is 108 Å². The number of methoxy groups -OCH3 is 2. The van der Waals surface area contributed by atoms with Crippen molar-refractivity contribution in [3.8, 4) is 0 Å². The fourth-order valence-electron chi connectivity index (χ4n) is 1.79.